The zero-order valence-electron chi connectivity index (χ0n) is 17.3. The molecule has 150 valence electrons. The summed E-state index contributed by atoms with van der Waals surface area (Å²) in [6.45, 7) is 4.04. The largest absolute Gasteiger partial charge is 0.497 e. The van der Waals surface area contributed by atoms with Crippen molar-refractivity contribution in [2.45, 2.75) is 32.4 Å². The van der Waals surface area contributed by atoms with Gasteiger partial charge in [0.1, 0.15) is 11.5 Å². The van der Waals surface area contributed by atoms with Crippen molar-refractivity contribution < 1.29 is 14.3 Å². The molecule has 1 aliphatic heterocycles. The second kappa shape index (κ2) is 9.11. The standard InChI is InChI=1S/C23H30N2O3/c1-17-7-9-18(10-8-17)15-24(2)23(26)16-25-13-5-6-21(25)20-12-11-19(27-3)14-22(20)28-4/h7-12,14,21H,5-6,13,15-16H2,1-4H3. The Morgan fingerprint density at radius 2 is 1.89 bits per heavy atom. The van der Waals surface area contributed by atoms with E-state index in [1.165, 1.54) is 5.56 Å². The zero-order chi connectivity index (χ0) is 20.1. The van der Waals surface area contributed by atoms with Crippen molar-refractivity contribution in [2.75, 3.05) is 34.4 Å². The first-order chi connectivity index (χ1) is 13.5. The van der Waals surface area contributed by atoms with E-state index in [-0.39, 0.29) is 11.9 Å². The van der Waals surface area contributed by atoms with E-state index in [9.17, 15) is 4.79 Å². The molecule has 3 rings (SSSR count). The molecule has 1 aliphatic rings. The second-order valence-corrected chi connectivity index (χ2v) is 7.47. The van der Waals surface area contributed by atoms with Crippen LogP contribution in [0.2, 0.25) is 0 Å². The number of rotatable bonds is 7. The highest BCUT2D eigenvalue weighted by molar-refractivity contribution is 5.78. The molecule has 2 aromatic carbocycles. The topological polar surface area (TPSA) is 42.0 Å². The third-order valence-corrected chi connectivity index (χ3v) is 5.47. The van der Waals surface area contributed by atoms with E-state index in [0.717, 1.165) is 42.0 Å². The molecule has 0 bridgehead atoms. The van der Waals surface area contributed by atoms with Crippen LogP contribution in [-0.2, 0) is 11.3 Å². The number of amides is 1. The molecule has 2 aromatic rings. The number of methoxy groups -OCH3 is 2. The van der Waals surface area contributed by atoms with Crippen LogP contribution in [0.25, 0.3) is 0 Å². The van der Waals surface area contributed by atoms with Crippen molar-refractivity contribution >= 4 is 5.91 Å². The molecule has 5 heteroatoms. The second-order valence-electron chi connectivity index (χ2n) is 7.47. The molecule has 1 unspecified atom stereocenters. The first-order valence-corrected chi connectivity index (χ1v) is 9.77. The fraction of sp³-hybridized carbons (Fsp3) is 0.435. The fourth-order valence-corrected chi connectivity index (χ4v) is 3.81. The summed E-state index contributed by atoms with van der Waals surface area (Å²) < 4.78 is 10.9. The summed E-state index contributed by atoms with van der Waals surface area (Å²) in [7, 11) is 5.21. The molecule has 1 heterocycles. The summed E-state index contributed by atoms with van der Waals surface area (Å²) in [5, 5.41) is 0. The number of hydrogen-bond acceptors (Lipinski definition) is 4. The lowest BCUT2D eigenvalue weighted by Crippen LogP contribution is -2.37. The normalized spacial score (nSPS) is 16.8. The molecule has 5 nitrogen and oxygen atoms in total. The van der Waals surface area contributed by atoms with Crippen LogP contribution in [0.3, 0.4) is 0 Å². The maximum Gasteiger partial charge on any atom is 0.236 e. The van der Waals surface area contributed by atoms with Gasteiger partial charge in [-0.25, -0.2) is 0 Å². The predicted octanol–water partition coefficient (Wildman–Crippen LogP) is 3.81. The third kappa shape index (κ3) is 4.65. The van der Waals surface area contributed by atoms with Crippen LogP contribution >= 0.6 is 0 Å². The number of carbonyl (C=O) groups excluding carboxylic acids is 1. The highest BCUT2D eigenvalue weighted by Crippen LogP contribution is 2.38. The molecule has 0 spiro atoms. The maximum absolute atomic E-state index is 12.8. The van der Waals surface area contributed by atoms with Crippen LogP contribution in [0, 0.1) is 6.92 Å². The van der Waals surface area contributed by atoms with Crippen molar-refractivity contribution in [2.24, 2.45) is 0 Å². The molecule has 28 heavy (non-hydrogen) atoms. The summed E-state index contributed by atoms with van der Waals surface area (Å²) in [4.78, 5) is 16.9. The van der Waals surface area contributed by atoms with Crippen LogP contribution < -0.4 is 9.47 Å². The molecular weight excluding hydrogens is 352 g/mol. The van der Waals surface area contributed by atoms with E-state index in [4.69, 9.17) is 9.47 Å². The SMILES string of the molecule is COc1ccc(C2CCCN2CC(=O)N(C)Cc2ccc(C)cc2)c(OC)c1. The van der Waals surface area contributed by atoms with Crippen LogP contribution in [-0.4, -0.2) is 50.1 Å². The van der Waals surface area contributed by atoms with Crippen LogP contribution in [0.15, 0.2) is 42.5 Å². The molecule has 0 aliphatic carbocycles. The average Bonchev–Trinajstić information content (AvgIpc) is 3.16. The van der Waals surface area contributed by atoms with E-state index < -0.39 is 0 Å². The molecule has 1 amide bonds. The number of aryl methyl sites for hydroxylation is 1. The molecule has 1 atom stereocenters. The molecule has 0 saturated carbocycles. The Labute approximate surface area is 167 Å². The van der Waals surface area contributed by atoms with Gasteiger partial charge in [-0.2, -0.15) is 0 Å². The van der Waals surface area contributed by atoms with Gasteiger partial charge in [0.15, 0.2) is 0 Å². The van der Waals surface area contributed by atoms with E-state index in [0.29, 0.717) is 13.1 Å². The van der Waals surface area contributed by atoms with Crippen molar-refractivity contribution in [1.29, 1.82) is 0 Å². The van der Waals surface area contributed by atoms with Crippen LogP contribution in [0.4, 0.5) is 0 Å². The number of nitrogens with zero attached hydrogens (tertiary/aromatic N) is 2. The molecular formula is C23H30N2O3. The van der Waals surface area contributed by atoms with Gasteiger partial charge < -0.3 is 14.4 Å². The van der Waals surface area contributed by atoms with Gasteiger partial charge in [0.05, 0.1) is 20.8 Å². The van der Waals surface area contributed by atoms with Crippen molar-refractivity contribution in [3.05, 3.63) is 59.2 Å². The lowest BCUT2D eigenvalue weighted by atomic mass is 10.0. The van der Waals surface area contributed by atoms with E-state index in [1.54, 1.807) is 14.2 Å². The average molecular weight is 383 g/mol. The highest BCUT2D eigenvalue weighted by atomic mass is 16.5. The number of likely N-dealkylation sites (tertiary alicyclic amines) is 1. The van der Waals surface area contributed by atoms with Gasteiger partial charge in [-0.1, -0.05) is 35.9 Å². The highest BCUT2D eigenvalue weighted by Gasteiger charge is 2.30. The minimum absolute atomic E-state index is 0.139. The number of ether oxygens (including phenoxy) is 2. The summed E-state index contributed by atoms with van der Waals surface area (Å²) in [5.41, 5.74) is 3.50. The minimum atomic E-state index is 0.139. The van der Waals surface area contributed by atoms with Gasteiger partial charge in [-0.3, -0.25) is 9.69 Å². The lowest BCUT2D eigenvalue weighted by Gasteiger charge is -2.28. The van der Waals surface area contributed by atoms with Crippen LogP contribution in [0.5, 0.6) is 11.5 Å². The minimum Gasteiger partial charge on any atom is -0.497 e. The van der Waals surface area contributed by atoms with Gasteiger partial charge in [0, 0.05) is 31.3 Å². The first kappa shape index (κ1) is 20.2. The van der Waals surface area contributed by atoms with Gasteiger partial charge >= 0.3 is 0 Å². The Morgan fingerprint density at radius 3 is 2.57 bits per heavy atom. The summed E-state index contributed by atoms with van der Waals surface area (Å²) in [6.07, 6.45) is 2.10. The summed E-state index contributed by atoms with van der Waals surface area (Å²) >= 11 is 0. The Kier molecular flexibility index (Phi) is 6.57. The Morgan fingerprint density at radius 1 is 1.14 bits per heavy atom. The number of likely N-dealkylation sites (N-methyl/N-ethyl adjacent to an activating group) is 1. The quantitative estimate of drug-likeness (QED) is 0.730. The van der Waals surface area contributed by atoms with Crippen molar-refractivity contribution in [3.8, 4) is 11.5 Å². The summed E-state index contributed by atoms with van der Waals surface area (Å²) in [5.74, 6) is 1.73. The number of carbonyl (C=O) groups is 1. The Hall–Kier alpha value is -2.53. The number of benzene rings is 2. The molecule has 0 N–H and O–H groups in total. The smallest absolute Gasteiger partial charge is 0.236 e. The lowest BCUT2D eigenvalue weighted by molar-refractivity contribution is -0.131. The molecule has 1 fully saturated rings. The van der Waals surface area contributed by atoms with Gasteiger partial charge in [-0.15, -0.1) is 0 Å². The van der Waals surface area contributed by atoms with E-state index >= 15 is 0 Å². The predicted molar refractivity (Wildman–Crippen MR) is 111 cm³/mol. The Bertz CT molecular complexity index is 804. The fourth-order valence-electron chi connectivity index (χ4n) is 3.81. The summed E-state index contributed by atoms with van der Waals surface area (Å²) in [6, 6.07) is 14.5. The molecule has 0 radical (unpaired) electrons. The monoisotopic (exact) mass is 382 g/mol. The zero-order valence-corrected chi connectivity index (χ0v) is 17.3. The van der Waals surface area contributed by atoms with Gasteiger partial charge in [0.25, 0.3) is 0 Å². The molecule has 1 saturated heterocycles. The van der Waals surface area contributed by atoms with Gasteiger partial charge in [0.2, 0.25) is 5.91 Å². The van der Waals surface area contributed by atoms with Crippen LogP contribution in [0.1, 0.15) is 35.6 Å². The maximum atomic E-state index is 12.8. The van der Waals surface area contributed by atoms with Crippen molar-refractivity contribution in [1.82, 2.24) is 9.80 Å². The first-order valence-electron chi connectivity index (χ1n) is 9.77. The van der Waals surface area contributed by atoms with E-state index in [1.807, 2.05) is 24.1 Å². The van der Waals surface area contributed by atoms with Gasteiger partial charge in [-0.05, 0) is 37.9 Å². The van der Waals surface area contributed by atoms with E-state index in [2.05, 4.69) is 42.2 Å². The van der Waals surface area contributed by atoms with Crippen molar-refractivity contribution in [3.63, 3.8) is 0 Å². The number of hydrogen-bond donors (Lipinski definition) is 0. The Balaban J connectivity index is 1.67. The molecule has 0 aromatic heterocycles. The third-order valence-electron chi connectivity index (χ3n) is 5.47.